The van der Waals surface area contributed by atoms with Gasteiger partial charge in [0, 0.05) is 26.2 Å². The number of benzene rings is 2. The third kappa shape index (κ3) is 6.75. The van der Waals surface area contributed by atoms with Crippen LogP contribution in [0.3, 0.4) is 0 Å². The van der Waals surface area contributed by atoms with E-state index in [1.54, 1.807) is 7.11 Å². The Hall–Kier alpha value is -2.57. The molecule has 1 unspecified atom stereocenters. The number of aliphatic imine (C=N–C) groups is 1. The van der Waals surface area contributed by atoms with Crippen molar-refractivity contribution >= 4 is 5.96 Å². The zero-order chi connectivity index (χ0) is 21.0. The van der Waals surface area contributed by atoms with Gasteiger partial charge in [-0.25, -0.2) is 0 Å². The fraction of sp³-hybridized carbons (Fsp3) is 0.458. The van der Waals surface area contributed by atoms with Gasteiger partial charge in [-0.2, -0.15) is 0 Å². The summed E-state index contributed by atoms with van der Waals surface area (Å²) in [6.45, 7) is 7.92. The van der Waals surface area contributed by atoms with Crippen molar-refractivity contribution in [3.05, 3.63) is 65.7 Å². The van der Waals surface area contributed by atoms with Gasteiger partial charge in [-0.15, -0.1) is 0 Å². The summed E-state index contributed by atoms with van der Waals surface area (Å²) in [6, 6.07) is 19.1. The monoisotopic (exact) mass is 410 g/mol. The van der Waals surface area contributed by atoms with E-state index >= 15 is 0 Å². The summed E-state index contributed by atoms with van der Waals surface area (Å²) in [4.78, 5) is 7.39. The molecule has 1 fully saturated rings. The van der Waals surface area contributed by atoms with Crippen molar-refractivity contribution < 1.29 is 9.47 Å². The number of methoxy groups -OCH3 is 1. The number of nitrogens with zero attached hydrogens (tertiary/aromatic N) is 2. The first-order valence-corrected chi connectivity index (χ1v) is 10.8. The molecule has 30 heavy (non-hydrogen) atoms. The smallest absolute Gasteiger partial charge is 0.191 e. The standard InChI is InChI=1S/C24H34N4O2/c1-3-25-24(26-14-13-20-9-11-22(29-2)12-10-20)27-19-23(21-7-5-4-6-8-21)28-15-17-30-18-16-28/h4-12,23H,3,13-19H2,1-2H3,(H2,25,26,27). The summed E-state index contributed by atoms with van der Waals surface area (Å²) in [7, 11) is 1.69. The number of guanidine groups is 1. The van der Waals surface area contributed by atoms with Gasteiger partial charge in [0.1, 0.15) is 5.75 Å². The number of rotatable bonds is 9. The SMILES string of the molecule is CCNC(=NCC(c1ccccc1)N1CCOCC1)NCCc1ccc(OC)cc1. The molecule has 0 amide bonds. The largest absolute Gasteiger partial charge is 0.497 e. The van der Waals surface area contributed by atoms with Crippen LogP contribution >= 0.6 is 0 Å². The minimum Gasteiger partial charge on any atom is -0.497 e. The lowest BCUT2D eigenvalue weighted by Crippen LogP contribution is -2.42. The predicted octanol–water partition coefficient (Wildman–Crippen LogP) is 2.87. The molecule has 1 heterocycles. The van der Waals surface area contributed by atoms with Crippen LogP contribution in [0.1, 0.15) is 24.1 Å². The van der Waals surface area contributed by atoms with Gasteiger partial charge >= 0.3 is 0 Å². The van der Waals surface area contributed by atoms with Crippen molar-refractivity contribution in [3.63, 3.8) is 0 Å². The number of morpholine rings is 1. The molecular formula is C24H34N4O2. The van der Waals surface area contributed by atoms with E-state index in [2.05, 4.69) is 64.9 Å². The Kier molecular flexibility index (Phi) is 9.00. The molecule has 0 bridgehead atoms. The van der Waals surface area contributed by atoms with Crippen molar-refractivity contribution in [1.82, 2.24) is 15.5 Å². The van der Waals surface area contributed by atoms with Gasteiger partial charge in [0.2, 0.25) is 0 Å². The van der Waals surface area contributed by atoms with Crippen molar-refractivity contribution in [1.29, 1.82) is 0 Å². The van der Waals surface area contributed by atoms with Crippen molar-refractivity contribution in [2.24, 2.45) is 4.99 Å². The van der Waals surface area contributed by atoms with Crippen LogP contribution in [-0.2, 0) is 11.2 Å². The van der Waals surface area contributed by atoms with E-state index in [0.29, 0.717) is 6.54 Å². The van der Waals surface area contributed by atoms with Crippen LogP contribution in [-0.4, -0.2) is 63.9 Å². The van der Waals surface area contributed by atoms with Crippen LogP contribution in [0.4, 0.5) is 0 Å². The first-order chi connectivity index (χ1) is 14.8. The van der Waals surface area contributed by atoms with E-state index in [1.165, 1.54) is 11.1 Å². The number of ether oxygens (including phenoxy) is 2. The maximum atomic E-state index is 5.55. The molecule has 2 N–H and O–H groups in total. The summed E-state index contributed by atoms with van der Waals surface area (Å²) in [5, 5.41) is 6.84. The molecule has 0 aromatic heterocycles. The maximum absolute atomic E-state index is 5.55. The topological polar surface area (TPSA) is 58.1 Å². The zero-order valence-electron chi connectivity index (χ0n) is 18.1. The van der Waals surface area contributed by atoms with Gasteiger partial charge < -0.3 is 20.1 Å². The van der Waals surface area contributed by atoms with E-state index < -0.39 is 0 Å². The Balaban J connectivity index is 1.61. The third-order valence-corrected chi connectivity index (χ3v) is 5.30. The first kappa shape index (κ1) is 22.1. The molecule has 1 aliphatic heterocycles. The first-order valence-electron chi connectivity index (χ1n) is 10.8. The predicted molar refractivity (Wildman–Crippen MR) is 122 cm³/mol. The highest BCUT2D eigenvalue weighted by Gasteiger charge is 2.22. The summed E-state index contributed by atoms with van der Waals surface area (Å²) in [5.74, 6) is 1.75. The lowest BCUT2D eigenvalue weighted by Gasteiger charge is -2.34. The molecule has 0 radical (unpaired) electrons. The molecule has 1 saturated heterocycles. The summed E-state index contributed by atoms with van der Waals surface area (Å²) < 4.78 is 10.8. The average molecular weight is 411 g/mol. The molecule has 6 nitrogen and oxygen atoms in total. The van der Waals surface area contributed by atoms with Gasteiger partial charge in [-0.05, 0) is 36.6 Å². The van der Waals surface area contributed by atoms with Gasteiger partial charge in [-0.3, -0.25) is 9.89 Å². The van der Waals surface area contributed by atoms with Crippen molar-refractivity contribution in [3.8, 4) is 5.75 Å². The minimum atomic E-state index is 0.257. The Labute approximate surface area is 180 Å². The van der Waals surface area contributed by atoms with Crippen molar-refractivity contribution in [2.75, 3.05) is 53.0 Å². The quantitative estimate of drug-likeness (QED) is 0.492. The molecule has 0 spiro atoms. The second kappa shape index (κ2) is 12.2. The number of nitrogens with one attached hydrogen (secondary N) is 2. The molecule has 0 saturated carbocycles. The lowest BCUT2D eigenvalue weighted by molar-refractivity contribution is 0.0180. The summed E-state index contributed by atoms with van der Waals surface area (Å²) in [5.41, 5.74) is 2.58. The van der Waals surface area contributed by atoms with Crippen LogP contribution in [0.15, 0.2) is 59.6 Å². The minimum absolute atomic E-state index is 0.257. The van der Waals surface area contributed by atoms with Gasteiger partial charge in [0.15, 0.2) is 5.96 Å². The second-order valence-electron chi connectivity index (χ2n) is 7.32. The normalized spacial score (nSPS) is 16.1. The Morgan fingerprint density at radius 2 is 1.80 bits per heavy atom. The third-order valence-electron chi connectivity index (χ3n) is 5.30. The maximum Gasteiger partial charge on any atom is 0.191 e. The summed E-state index contributed by atoms with van der Waals surface area (Å²) >= 11 is 0. The molecule has 1 atom stereocenters. The molecule has 162 valence electrons. The Bertz CT molecular complexity index is 759. The summed E-state index contributed by atoms with van der Waals surface area (Å²) in [6.07, 6.45) is 0.931. The molecule has 2 aromatic carbocycles. The van der Waals surface area contributed by atoms with Crippen molar-refractivity contribution in [2.45, 2.75) is 19.4 Å². The van der Waals surface area contributed by atoms with E-state index in [4.69, 9.17) is 14.5 Å². The Morgan fingerprint density at radius 1 is 1.07 bits per heavy atom. The van der Waals surface area contributed by atoms with E-state index in [1.807, 2.05) is 12.1 Å². The number of hydrogen-bond donors (Lipinski definition) is 2. The average Bonchev–Trinajstić information content (AvgIpc) is 2.81. The van der Waals surface area contributed by atoms with E-state index in [9.17, 15) is 0 Å². The highest BCUT2D eigenvalue weighted by Crippen LogP contribution is 2.22. The lowest BCUT2D eigenvalue weighted by atomic mass is 10.1. The highest BCUT2D eigenvalue weighted by molar-refractivity contribution is 5.79. The highest BCUT2D eigenvalue weighted by atomic mass is 16.5. The van der Waals surface area contributed by atoms with Crippen LogP contribution in [0, 0.1) is 0 Å². The van der Waals surface area contributed by atoms with E-state index in [-0.39, 0.29) is 6.04 Å². The number of hydrogen-bond acceptors (Lipinski definition) is 4. The molecule has 2 aromatic rings. The van der Waals surface area contributed by atoms with Gasteiger partial charge in [0.25, 0.3) is 0 Å². The van der Waals surface area contributed by atoms with Crippen LogP contribution in [0.25, 0.3) is 0 Å². The fourth-order valence-electron chi connectivity index (χ4n) is 3.63. The second-order valence-corrected chi connectivity index (χ2v) is 7.32. The van der Waals surface area contributed by atoms with Crippen LogP contribution < -0.4 is 15.4 Å². The molecule has 1 aliphatic rings. The molecule has 6 heteroatoms. The zero-order valence-corrected chi connectivity index (χ0v) is 18.1. The van der Waals surface area contributed by atoms with Gasteiger partial charge in [-0.1, -0.05) is 42.5 Å². The molecule has 3 rings (SSSR count). The Morgan fingerprint density at radius 3 is 2.47 bits per heavy atom. The van der Waals surface area contributed by atoms with Crippen LogP contribution in [0.5, 0.6) is 5.75 Å². The van der Waals surface area contributed by atoms with Gasteiger partial charge in [0.05, 0.1) is 32.9 Å². The molecular weight excluding hydrogens is 376 g/mol. The molecule has 0 aliphatic carbocycles. The fourth-order valence-corrected chi connectivity index (χ4v) is 3.63. The van der Waals surface area contributed by atoms with Crippen LogP contribution in [0.2, 0.25) is 0 Å². The van der Waals surface area contributed by atoms with E-state index in [0.717, 1.165) is 57.5 Å².